The Morgan fingerprint density at radius 2 is 1.80 bits per heavy atom. The van der Waals surface area contributed by atoms with Crippen molar-refractivity contribution in [2.75, 3.05) is 10.6 Å². The zero-order valence-electron chi connectivity index (χ0n) is 10.9. The summed E-state index contributed by atoms with van der Waals surface area (Å²) in [5.74, 6) is -0.270. The minimum Gasteiger partial charge on any atom is -0.351 e. The summed E-state index contributed by atoms with van der Waals surface area (Å²) in [6.45, 7) is 1.85. The average molecular weight is 270 g/mol. The Morgan fingerprint density at radius 1 is 1.10 bits per heavy atom. The molecular formula is C14H14N4O2. The van der Waals surface area contributed by atoms with Crippen LogP contribution in [0.5, 0.6) is 0 Å². The van der Waals surface area contributed by atoms with Crippen LogP contribution < -0.4 is 16.4 Å². The van der Waals surface area contributed by atoms with E-state index >= 15 is 0 Å². The molecule has 0 unspecified atom stereocenters. The lowest BCUT2D eigenvalue weighted by Gasteiger charge is -2.07. The molecule has 3 amide bonds. The van der Waals surface area contributed by atoms with Crippen molar-refractivity contribution >= 4 is 23.3 Å². The molecule has 0 atom stereocenters. The van der Waals surface area contributed by atoms with Gasteiger partial charge in [0.15, 0.2) is 0 Å². The van der Waals surface area contributed by atoms with E-state index in [0.29, 0.717) is 16.9 Å². The number of aryl methyl sites for hydroxylation is 1. The van der Waals surface area contributed by atoms with Gasteiger partial charge >= 0.3 is 6.03 Å². The lowest BCUT2D eigenvalue weighted by atomic mass is 10.2. The zero-order chi connectivity index (χ0) is 14.5. The maximum Gasteiger partial charge on any atom is 0.316 e. The SMILES string of the molecule is Cc1ccc(C(=O)Nc2cccc(NC(N)=O)c2)cn1. The van der Waals surface area contributed by atoms with E-state index in [1.165, 1.54) is 6.20 Å². The minimum absolute atomic E-state index is 0.270. The summed E-state index contributed by atoms with van der Waals surface area (Å²) >= 11 is 0. The number of urea groups is 1. The molecule has 0 saturated carbocycles. The van der Waals surface area contributed by atoms with Gasteiger partial charge in [-0.3, -0.25) is 9.78 Å². The molecule has 0 saturated heterocycles. The third-order valence-electron chi connectivity index (χ3n) is 2.56. The van der Waals surface area contributed by atoms with Crippen molar-refractivity contribution < 1.29 is 9.59 Å². The van der Waals surface area contributed by atoms with Crippen LogP contribution in [0.4, 0.5) is 16.2 Å². The standard InChI is InChI=1S/C14H14N4O2/c1-9-5-6-10(8-16-9)13(19)17-11-3-2-4-12(7-11)18-14(15)20/h2-8H,1H3,(H,17,19)(H3,15,18,20). The van der Waals surface area contributed by atoms with Gasteiger partial charge in [-0.2, -0.15) is 0 Å². The van der Waals surface area contributed by atoms with Crippen LogP contribution in [0.3, 0.4) is 0 Å². The van der Waals surface area contributed by atoms with E-state index in [-0.39, 0.29) is 5.91 Å². The van der Waals surface area contributed by atoms with Crippen LogP contribution in [0.15, 0.2) is 42.6 Å². The van der Waals surface area contributed by atoms with E-state index in [9.17, 15) is 9.59 Å². The Hall–Kier alpha value is -2.89. The quantitative estimate of drug-likeness (QED) is 0.797. The maximum atomic E-state index is 12.0. The van der Waals surface area contributed by atoms with Gasteiger partial charge < -0.3 is 16.4 Å². The number of nitrogens with one attached hydrogen (secondary N) is 2. The second-order valence-corrected chi connectivity index (χ2v) is 4.21. The number of anilines is 2. The molecule has 6 nitrogen and oxygen atoms in total. The summed E-state index contributed by atoms with van der Waals surface area (Å²) in [5.41, 5.74) is 7.41. The van der Waals surface area contributed by atoms with E-state index in [1.807, 2.05) is 6.92 Å². The van der Waals surface area contributed by atoms with Gasteiger partial charge in [-0.25, -0.2) is 4.79 Å². The van der Waals surface area contributed by atoms with Gasteiger partial charge in [0.1, 0.15) is 0 Å². The van der Waals surface area contributed by atoms with Crippen molar-refractivity contribution in [1.29, 1.82) is 0 Å². The first kappa shape index (κ1) is 13.5. The summed E-state index contributed by atoms with van der Waals surface area (Å²) < 4.78 is 0. The topological polar surface area (TPSA) is 97.1 Å². The Labute approximate surface area is 116 Å². The fraction of sp³-hybridized carbons (Fsp3) is 0.0714. The molecule has 1 aromatic carbocycles. The van der Waals surface area contributed by atoms with Crippen molar-refractivity contribution in [3.05, 3.63) is 53.9 Å². The van der Waals surface area contributed by atoms with Gasteiger partial charge in [-0.1, -0.05) is 6.07 Å². The van der Waals surface area contributed by atoms with Crippen LogP contribution in [0.25, 0.3) is 0 Å². The summed E-state index contributed by atoms with van der Waals surface area (Å²) in [7, 11) is 0. The number of primary amides is 1. The number of benzene rings is 1. The number of carbonyl (C=O) groups excluding carboxylic acids is 2. The van der Waals surface area contributed by atoms with E-state index in [2.05, 4.69) is 15.6 Å². The Balaban J connectivity index is 2.11. The minimum atomic E-state index is -0.656. The van der Waals surface area contributed by atoms with Gasteiger partial charge in [-0.05, 0) is 37.3 Å². The molecule has 1 heterocycles. The van der Waals surface area contributed by atoms with Crippen molar-refractivity contribution in [2.45, 2.75) is 6.92 Å². The highest BCUT2D eigenvalue weighted by atomic mass is 16.2. The first-order chi connectivity index (χ1) is 9.54. The molecule has 0 aliphatic heterocycles. The summed E-state index contributed by atoms with van der Waals surface area (Å²) in [4.78, 5) is 26.8. The lowest BCUT2D eigenvalue weighted by Crippen LogP contribution is -2.19. The highest BCUT2D eigenvalue weighted by molar-refractivity contribution is 6.04. The van der Waals surface area contributed by atoms with Gasteiger partial charge in [0, 0.05) is 23.3 Å². The molecule has 102 valence electrons. The second kappa shape index (κ2) is 5.83. The zero-order valence-corrected chi connectivity index (χ0v) is 10.9. The Kier molecular flexibility index (Phi) is 3.95. The van der Waals surface area contributed by atoms with Gasteiger partial charge in [-0.15, -0.1) is 0 Å². The van der Waals surface area contributed by atoms with E-state index in [1.54, 1.807) is 36.4 Å². The number of hydrogen-bond acceptors (Lipinski definition) is 3. The van der Waals surface area contributed by atoms with Crippen LogP contribution in [-0.4, -0.2) is 16.9 Å². The number of hydrogen-bond donors (Lipinski definition) is 3. The van der Waals surface area contributed by atoms with Crippen molar-refractivity contribution in [3.8, 4) is 0 Å². The molecular weight excluding hydrogens is 256 g/mol. The van der Waals surface area contributed by atoms with Crippen LogP contribution in [0.1, 0.15) is 16.1 Å². The Bertz CT molecular complexity index is 638. The maximum absolute atomic E-state index is 12.0. The predicted octanol–water partition coefficient (Wildman–Crippen LogP) is 2.13. The van der Waals surface area contributed by atoms with Gasteiger partial charge in [0.05, 0.1) is 5.56 Å². The van der Waals surface area contributed by atoms with Crippen LogP contribution >= 0.6 is 0 Å². The normalized spacial score (nSPS) is 9.85. The first-order valence-corrected chi connectivity index (χ1v) is 5.95. The Morgan fingerprint density at radius 3 is 2.40 bits per heavy atom. The summed E-state index contributed by atoms with van der Waals surface area (Å²) in [6.07, 6.45) is 1.51. The third kappa shape index (κ3) is 3.55. The van der Waals surface area contributed by atoms with E-state index < -0.39 is 6.03 Å². The van der Waals surface area contributed by atoms with Crippen molar-refractivity contribution in [1.82, 2.24) is 4.98 Å². The van der Waals surface area contributed by atoms with Crippen molar-refractivity contribution in [3.63, 3.8) is 0 Å². The fourth-order valence-electron chi connectivity index (χ4n) is 1.62. The van der Waals surface area contributed by atoms with E-state index in [4.69, 9.17) is 5.73 Å². The summed E-state index contributed by atoms with van der Waals surface area (Å²) in [5, 5.41) is 5.16. The summed E-state index contributed by atoms with van der Waals surface area (Å²) in [6, 6.07) is 9.51. The molecule has 4 N–H and O–H groups in total. The molecule has 20 heavy (non-hydrogen) atoms. The number of nitrogens with two attached hydrogens (primary N) is 1. The molecule has 2 rings (SSSR count). The molecule has 0 aliphatic rings. The monoisotopic (exact) mass is 270 g/mol. The number of pyridine rings is 1. The number of amides is 3. The van der Waals surface area contributed by atoms with Crippen molar-refractivity contribution in [2.24, 2.45) is 5.73 Å². The molecule has 6 heteroatoms. The average Bonchev–Trinajstić information content (AvgIpc) is 2.39. The predicted molar refractivity (Wildman–Crippen MR) is 76.6 cm³/mol. The van der Waals surface area contributed by atoms with Crippen LogP contribution in [0.2, 0.25) is 0 Å². The largest absolute Gasteiger partial charge is 0.351 e. The highest BCUT2D eigenvalue weighted by Crippen LogP contribution is 2.15. The highest BCUT2D eigenvalue weighted by Gasteiger charge is 2.07. The molecule has 0 aliphatic carbocycles. The van der Waals surface area contributed by atoms with Gasteiger partial charge in [0.25, 0.3) is 5.91 Å². The molecule has 0 fully saturated rings. The third-order valence-corrected chi connectivity index (χ3v) is 2.56. The lowest BCUT2D eigenvalue weighted by molar-refractivity contribution is 0.102. The number of carbonyl (C=O) groups is 2. The molecule has 0 spiro atoms. The molecule has 0 radical (unpaired) electrons. The molecule has 0 bridgehead atoms. The van der Waals surface area contributed by atoms with Gasteiger partial charge in [0.2, 0.25) is 0 Å². The number of aromatic nitrogens is 1. The second-order valence-electron chi connectivity index (χ2n) is 4.21. The number of rotatable bonds is 3. The molecule has 1 aromatic heterocycles. The van der Waals surface area contributed by atoms with Crippen LogP contribution in [0, 0.1) is 6.92 Å². The number of nitrogens with zero attached hydrogens (tertiary/aromatic N) is 1. The molecule has 2 aromatic rings. The fourth-order valence-corrected chi connectivity index (χ4v) is 1.62. The van der Waals surface area contributed by atoms with E-state index in [0.717, 1.165) is 5.69 Å². The smallest absolute Gasteiger partial charge is 0.316 e. The van der Waals surface area contributed by atoms with Crippen LogP contribution in [-0.2, 0) is 0 Å². The first-order valence-electron chi connectivity index (χ1n) is 5.95.